The van der Waals surface area contributed by atoms with E-state index in [2.05, 4.69) is 4.99 Å². The van der Waals surface area contributed by atoms with Crippen LogP contribution < -0.4 is 9.47 Å². The van der Waals surface area contributed by atoms with E-state index in [1.54, 1.807) is 6.08 Å². The van der Waals surface area contributed by atoms with Crippen LogP contribution in [-0.2, 0) is 16.0 Å². The number of aryl methyl sites for hydroxylation is 1. The molecule has 0 radical (unpaired) electrons. The summed E-state index contributed by atoms with van der Waals surface area (Å²) in [6.07, 6.45) is 2.58. The lowest BCUT2D eigenvalue weighted by atomic mass is 10.1. The first-order valence-electron chi connectivity index (χ1n) is 9.08. The maximum Gasteiger partial charge on any atom is 0.344 e. The highest BCUT2D eigenvalue weighted by Gasteiger charge is 2.33. The summed E-state index contributed by atoms with van der Waals surface area (Å²) in [7, 11) is 1.28. The van der Waals surface area contributed by atoms with Crippen LogP contribution in [0.1, 0.15) is 18.1 Å². The second-order valence-electron chi connectivity index (χ2n) is 6.34. The number of thioether (sulfide) groups is 1. The number of carbonyl (C=O) groups excluding carboxylic acids is 1. The van der Waals surface area contributed by atoms with Gasteiger partial charge in [0.1, 0.15) is 16.4 Å². The molecule has 148 valence electrons. The van der Waals surface area contributed by atoms with Crippen molar-refractivity contribution in [2.24, 2.45) is 4.99 Å². The molecule has 0 atom stereocenters. The van der Waals surface area contributed by atoms with Gasteiger partial charge in [0.05, 0.1) is 17.7 Å². The molecule has 0 spiro atoms. The van der Waals surface area contributed by atoms with E-state index in [9.17, 15) is 9.90 Å². The van der Waals surface area contributed by atoms with Crippen LogP contribution in [0.15, 0.2) is 63.7 Å². The average Bonchev–Trinajstić information content (AvgIpc) is 3.32. The Balaban J connectivity index is 1.75. The minimum atomic E-state index is -0.628. The smallest absolute Gasteiger partial charge is 0.344 e. The molecule has 0 bridgehead atoms. The molecule has 29 heavy (non-hydrogen) atoms. The molecule has 7 heteroatoms. The van der Waals surface area contributed by atoms with Gasteiger partial charge in [-0.05, 0) is 41.8 Å². The van der Waals surface area contributed by atoms with E-state index in [1.165, 1.54) is 18.9 Å². The number of benzene rings is 2. The Hall–Kier alpha value is -3.19. The summed E-state index contributed by atoms with van der Waals surface area (Å²) in [6, 6.07) is 13.2. The van der Waals surface area contributed by atoms with E-state index in [-0.39, 0.29) is 18.1 Å². The van der Waals surface area contributed by atoms with Gasteiger partial charge in [0.2, 0.25) is 6.79 Å². The molecule has 2 aromatic carbocycles. The molecule has 0 saturated carbocycles. The molecule has 0 aromatic heterocycles. The Morgan fingerprint density at radius 1 is 1.24 bits per heavy atom. The van der Waals surface area contributed by atoms with E-state index in [0.717, 1.165) is 23.2 Å². The minimum Gasteiger partial charge on any atom is -0.506 e. The number of aliphatic hydroxyl groups excluding tert-OH is 1. The fraction of sp³-hybridized carbons (Fsp3) is 0.182. The number of hydrogen-bond acceptors (Lipinski definition) is 7. The Bertz CT molecular complexity index is 1070. The predicted octanol–water partition coefficient (Wildman–Crippen LogP) is 4.78. The highest BCUT2D eigenvalue weighted by molar-refractivity contribution is 8.18. The number of esters is 1. The van der Waals surface area contributed by atoms with E-state index < -0.39 is 5.97 Å². The normalized spacial score (nSPS) is 18.0. The van der Waals surface area contributed by atoms with Crippen LogP contribution in [0.5, 0.6) is 11.5 Å². The third-order valence-corrected chi connectivity index (χ3v) is 5.59. The topological polar surface area (TPSA) is 77.4 Å². The molecule has 0 amide bonds. The summed E-state index contributed by atoms with van der Waals surface area (Å²) in [4.78, 5) is 17.5. The predicted molar refractivity (Wildman–Crippen MR) is 113 cm³/mol. The van der Waals surface area contributed by atoms with Crippen molar-refractivity contribution in [2.75, 3.05) is 13.9 Å². The summed E-state index contributed by atoms with van der Waals surface area (Å²) in [5, 5.41) is 11.1. The van der Waals surface area contributed by atoms with E-state index in [0.29, 0.717) is 21.4 Å². The Morgan fingerprint density at radius 2 is 2.03 bits per heavy atom. The number of aliphatic imine (C=N–C) groups is 1. The highest BCUT2D eigenvalue weighted by Crippen LogP contribution is 2.41. The summed E-state index contributed by atoms with van der Waals surface area (Å²) in [6.45, 7) is 2.23. The monoisotopic (exact) mass is 409 g/mol. The quantitative estimate of drug-likeness (QED) is 0.733. The van der Waals surface area contributed by atoms with Crippen molar-refractivity contribution in [1.29, 1.82) is 0 Å². The first-order valence-corrected chi connectivity index (χ1v) is 9.90. The van der Waals surface area contributed by atoms with Crippen LogP contribution >= 0.6 is 11.8 Å². The lowest BCUT2D eigenvalue weighted by Crippen LogP contribution is -2.10. The number of ether oxygens (including phenoxy) is 3. The zero-order valence-electron chi connectivity index (χ0n) is 16.0. The molecule has 6 nitrogen and oxygen atoms in total. The molecule has 0 unspecified atom stereocenters. The molecular formula is C22H19NO5S. The summed E-state index contributed by atoms with van der Waals surface area (Å²) < 4.78 is 15.6. The van der Waals surface area contributed by atoms with E-state index >= 15 is 0 Å². The third-order valence-electron chi connectivity index (χ3n) is 4.57. The van der Waals surface area contributed by atoms with Crippen molar-refractivity contribution in [1.82, 2.24) is 0 Å². The summed E-state index contributed by atoms with van der Waals surface area (Å²) in [5.74, 6) is 0.550. The van der Waals surface area contributed by atoms with E-state index in [4.69, 9.17) is 14.2 Å². The molecule has 2 aliphatic heterocycles. The molecule has 0 fully saturated rings. The number of hydrogen-bond donors (Lipinski definition) is 1. The van der Waals surface area contributed by atoms with Crippen LogP contribution in [0.2, 0.25) is 0 Å². The van der Waals surface area contributed by atoms with Crippen LogP contribution in [0.3, 0.4) is 0 Å². The van der Waals surface area contributed by atoms with Crippen molar-refractivity contribution in [3.05, 3.63) is 69.8 Å². The number of para-hydroxylation sites is 1. The van der Waals surface area contributed by atoms with Gasteiger partial charge in [-0.1, -0.05) is 43.0 Å². The van der Waals surface area contributed by atoms with Crippen LogP contribution in [0.4, 0.5) is 5.69 Å². The number of rotatable bonds is 4. The zero-order chi connectivity index (χ0) is 20.4. The van der Waals surface area contributed by atoms with Crippen LogP contribution in [0, 0.1) is 0 Å². The number of methoxy groups -OCH3 is 1. The van der Waals surface area contributed by atoms with E-state index in [1.807, 2.05) is 49.4 Å². The molecular weight excluding hydrogens is 390 g/mol. The number of fused-ring (bicyclic) bond motifs is 1. The van der Waals surface area contributed by atoms with Crippen molar-refractivity contribution in [2.45, 2.75) is 13.3 Å². The fourth-order valence-electron chi connectivity index (χ4n) is 3.07. The van der Waals surface area contributed by atoms with Crippen molar-refractivity contribution >= 4 is 34.5 Å². The Kier molecular flexibility index (Phi) is 5.31. The lowest BCUT2D eigenvalue weighted by Gasteiger charge is -2.05. The Labute approximate surface area is 172 Å². The fourth-order valence-corrected chi connectivity index (χ4v) is 4.10. The average molecular weight is 409 g/mol. The van der Waals surface area contributed by atoms with Gasteiger partial charge in [-0.15, -0.1) is 0 Å². The first-order chi connectivity index (χ1) is 14.1. The van der Waals surface area contributed by atoms with Crippen molar-refractivity contribution in [3.8, 4) is 11.5 Å². The second-order valence-corrected chi connectivity index (χ2v) is 7.37. The van der Waals surface area contributed by atoms with Crippen LogP contribution in [0.25, 0.3) is 6.08 Å². The van der Waals surface area contributed by atoms with Gasteiger partial charge in [-0.25, -0.2) is 9.79 Å². The van der Waals surface area contributed by atoms with Gasteiger partial charge in [0.25, 0.3) is 0 Å². The number of aliphatic hydroxyl groups is 1. The third kappa shape index (κ3) is 3.73. The largest absolute Gasteiger partial charge is 0.506 e. The maximum atomic E-state index is 12.3. The van der Waals surface area contributed by atoms with Gasteiger partial charge in [-0.2, -0.15) is 0 Å². The van der Waals surface area contributed by atoms with Crippen molar-refractivity contribution < 1.29 is 24.1 Å². The number of nitrogens with zero attached hydrogens (tertiary/aromatic N) is 1. The maximum absolute atomic E-state index is 12.3. The molecule has 2 aromatic rings. The van der Waals surface area contributed by atoms with Gasteiger partial charge in [0, 0.05) is 0 Å². The molecule has 4 rings (SSSR count). The standard InChI is InChI=1S/C22H19NO5S/c1-3-14-6-4-5-7-15(14)23-21-19(22(25)26-2)20(24)18(29-21)11-13-8-9-16-17(10-13)28-12-27-16/h4-11,24H,3,12H2,1-2H3/b18-11+,23-21?. The number of carbonyl (C=O) groups is 1. The van der Waals surface area contributed by atoms with Gasteiger partial charge >= 0.3 is 5.97 Å². The molecule has 2 aliphatic rings. The molecule has 0 aliphatic carbocycles. The molecule has 1 N–H and O–H groups in total. The van der Waals surface area contributed by atoms with Gasteiger partial charge < -0.3 is 19.3 Å². The summed E-state index contributed by atoms with van der Waals surface area (Å²) in [5.41, 5.74) is 2.69. The van der Waals surface area contributed by atoms with Gasteiger partial charge in [0.15, 0.2) is 11.5 Å². The minimum absolute atomic E-state index is 0.0652. The zero-order valence-corrected chi connectivity index (χ0v) is 16.8. The Morgan fingerprint density at radius 3 is 2.83 bits per heavy atom. The second kappa shape index (κ2) is 8.05. The molecule has 0 saturated heterocycles. The molecule has 2 heterocycles. The highest BCUT2D eigenvalue weighted by atomic mass is 32.2. The first kappa shape index (κ1) is 19.1. The summed E-state index contributed by atoms with van der Waals surface area (Å²) >= 11 is 1.23. The van der Waals surface area contributed by atoms with Crippen molar-refractivity contribution in [3.63, 3.8) is 0 Å². The SMILES string of the molecule is CCc1ccccc1N=C1S/C(=C/c2ccc3c(c2)OCO3)C(O)=C1C(=O)OC. The van der Waals surface area contributed by atoms with Gasteiger partial charge in [-0.3, -0.25) is 0 Å². The van der Waals surface area contributed by atoms with Crippen LogP contribution in [-0.4, -0.2) is 30.0 Å². The lowest BCUT2D eigenvalue weighted by molar-refractivity contribution is -0.135.